The van der Waals surface area contributed by atoms with Gasteiger partial charge in [-0.25, -0.2) is 0 Å². The molecular weight excluding hydrogens is 212 g/mol. The van der Waals surface area contributed by atoms with E-state index in [-0.39, 0.29) is 5.78 Å². The molecule has 0 fully saturated rings. The monoisotopic (exact) mass is 223 g/mol. The summed E-state index contributed by atoms with van der Waals surface area (Å²) in [6, 6.07) is 14.1. The van der Waals surface area contributed by atoms with Gasteiger partial charge in [-0.3, -0.25) is 9.59 Å². The Kier molecular flexibility index (Phi) is 3.15. The van der Waals surface area contributed by atoms with Crippen molar-refractivity contribution in [2.45, 2.75) is 6.92 Å². The molecule has 0 N–H and O–H groups in total. The van der Waals surface area contributed by atoms with Crippen molar-refractivity contribution >= 4 is 12.1 Å². The first kappa shape index (κ1) is 11.3. The summed E-state index contributed by atoms with van der Waals surface area (Å²) in [6.07, 6.45) is 1.84. The van der Waals surface area contributed by atoms with Crippen LogP contribution in [0.25, 0.3) is 0 Å². The first-order valence-electron chi connectivity index (χ1n) is 5.31. The van der Waals surface area contributed by atoms with E-state index in [9.17, 15) is 9.59 Å². The van der Waals surface area contributed by atoms with Gasteiger partial charge < -0.3 is 0 Å². The Morgan fingerprint density at radius 3 is 2.35 bits per heavy atom. The number of hydrogen-bond donors (Lipinski definition) is 0. The smallest absolute Gasteiger partial charge is 0.233 e. The average molecular weight is 223 g/mol. The summed E-state index contributed by atoms with van der Waals surface area (Å²) in [6.45, 7) is 1.76. The summed E-state index contributed by atoms with van der Waals surface area (Å²) in [5, 5.41) is 0. The van der Waals surface area contributed by atoms with Crippen LogP contribution in [0.4, 0.5) is 0 Å². The Labute approximate surface area is 99.9 Å². The number of carbonyl (C=O) groups is 1. The minimum Gasteiger partial charge on any atom is -0.289 e. The molecule has 2 aromatic carbocycles. The van der Waals surface area contributed by atoms with E-state index >= 15 is 0 Å². The molecule has 0 unspecified atom stereocenters. The lowest BCUT2D eigenvalue weighted by atomic mass is 9.96. The Morgan fingerprint density at radius 2 is 1.71 bits per heavy atom. The van der Waals surface area contributed by atoms with Gasteiger partial charge in [-0.2, -0.15) is 0 Å². The van der Waals surface area contributed by atoms with Crippen LogP contribution in [0.5, 0.6) is 0 Å². The quantitative estimate of drug-likeness (QED) is 0.750. The fraction of sp³-hybridized carbons (Fsp3) is 0.0667. The highest BCUT2D eigenvalue weighted by atomic mass is 16.1. The Bertz CT molecular complexity index is 556. The molecule has 0 bridgehead atoms. The molecule has 0 atom stereocenters. The van der Waals surface area contributed by atoms with E-state index in [2.05, 4.69) is 0 Å². The summed E-state index contributed by atoms with van der Waals surface area (Å²) in [7, 11) is 0. The molecule has 0 amide bonds. The zero-order valence-corrected chi connectivity index (χ0v) is 9.44. The molecule has 0 aromatic heterocycles. The summed E-state index contributed by atoms with van der Waals surface area (Å²) in [5.41, 5.74) is 2.29. The van der Waals surface area contributed by atoms with Gasteiger partial charge in [0.1, 0.15) is 0 Å². The molecule has 2 nitrogen and oxygen atoms in total. The maximum atomic E-state index is 12.2. The van der Waals surface area contributed by atoms with Crippen molar-refractivity contribution in [2.75, 3.05) is 0 Å². The van der Waals surface area contributed by atoms with Crippen LogP contribution in [0.2, 0.25) is 0 Å². The standard InChI is InChI=1S/C15H11O2/c1-11-13(10-16)8-5-9-14(11)15(17)12-6-3-2-4-7-12/h2-9H,1H3. The highest BCUT2D eigenvalue weighted by Crippen LogP contribution is 2.16. The number of ketones is 1. The zero-order valence-electron chi connectivity index (χ0n) is 9.44. The third kappa shape index (κ3) is 2.16. The summed E-state index contributed by atoms with van der Waals surface area (Å²) >= 11 is 0. The lowest BCUT2D eigenvalue weighted by Gasteiger charge is -2.06. The zero-order chi connectivity index (χ0) is 12.3. The molecule has 0 spiro atoms. The summed E-state index contributed by atoms with van der Waals surface area (Å²) in [4.78, 5) is 22.9. The second-order valence-corrected chi connectivity index (χ2v) is 3.78. The van der Waals surface area contributed by atoms with Crippen LogP contribution < -0.4 is 0 Å². The van der Waals surface area contributed by atoms with Crippen LogP contribution in [-0.4, -0.2) is 12.1 Å². The van der Waals surface area contributed by atoms with Crippen LogP contribution in [0.15, 0.2) is 48.5 Å². The molecule has 2 aromatic rings. The van der Waals surface area contributed by atoms with Crippen molar-refractivity contribution in [3.05, 3.63) is 70.8 Å². The van der Waals surface area contributed by atoms with E-state index in [0.717, 1.165) is 0 Å². The van der Waals surface area contributed by atoms with E-state index in [4.69, 9.17) is 0 Å². The number of carbonyl (C=O) groups excluding carboxylic acids is 2. The van der Waals surface area contributed by atoms with Crippen molar-refractivity contribution in [1.82, 2.24) is 0 Å². The van der Waals surface area contributed by atoms with Gasteiger partial charge in [-0.05, 0) is 12.5 Å². The Hall–Kier alpha value is -2.22. The minimum atomic E-state index is -0.0693. The van der Waals surface area contributed by atoms with Gasteiger partial charge in [-0.15, -0.1) is 0 Å². The van der Waals surface area contributed by atoms with Gasteiger partial charge in [0.05, 0.1) is 0 Å². The first-order chi connectivity index (χ1) is 8.24. The molecule has 1 radical (unpaired) electrons. The molecule has 0 saturated heterocycles. The van der Waals surface area contributed by atoms with Crippen LogP contribution in [-0.2, 0) is 4.79 Å². The average Bonchev–Trinajstić information content (AvgIpc) is 2.39. The van der Waals surface area contributed by atoms with E-state index in [1.807, 2.05) is 24.5 Å². The molecule has 0 saturated carbocycles. The number of rotatable bonds is 3. The largest absolute Gasteiger partial charge is 0.289 e. The van der Waals surface area contributed by atoms with E-state index in [0.29, 0.717) is 22.3 Å². The minimum absolute atomic E-state index is 0.0693. The maximum absolute atomic E-state index is 12.2. The van der Waals surface area contributed by atoms with Crippen LogP contribution in [0.1, 0.15) is 27.0 Å². The van der Waals surface area contributed by atoms with Gasteiger partial charge in [0.2, 0.25) is 6.29 Å². The predicted octanol–water partition coefficient (Wildman–Crippen LogP) is 2.68. The third-order valence-corrected chi connectivity index (χ3v) is 2.72. The maximum Gasteiger partial charge on any atom is 0.233 e. The molecule has 2 rings (SSSR count). The Balaban J connectivity index is 2.48. The van der Waals surface area contributed by atoms with Crippen molar-refractivity contribution in [3.63, 3.8) is 0 Å². The van der Waals surface area contributed by atoms with Gasteiger partial charge in [0, 0.05) is 16.7 Å². The predicted molar refractivity (Wildman–Crippen MR) is 65.8 cm³/mol. The molecular formula is C15H11O2. The van der Waals surface area contributed by atoms with Crippen LogP contribution in [0, 0.1) is 6.92 Å². The van der Waals surface area contributed by atoms with Crippen molar-refractivity contribution in [3.8, 4) is 0 Å². The molecule has 17 heavy (non-hydrogen) atoms. The highest BCUT2D eigenvalue weighted by molar-refractivity contribution is 6.10. The molecule has 0 aliphatic heterocycles. The second kappa shape index (κ2) is 4.74. The topological polar surface area (TPSA) is 34.1 Å². The van der Waals surface area contributed by atoms with E-state index < -0.39 is 0 Å². The van der Waals surface area contributed by atoms with Crippen LogP contribution >= 0.6 is 0 Å². The Morgan fingerprint density at radius 1 is 1.00 bits per heavy atom. The third-order valence-electron chi connectivity index (χ3n) is 2.72. The fourth-order valence-electron chi connectivity index (χ4n) is 1.74. The van der Waals surface area contributed by atoms with Gasteiger partial charge in [0.15, 0.2) is 5.78 Å². The number of hydrogen-bond acceptors (Lipinski definition) is 2. The first-order valence-corrected chi connectivity index (χ1v) is 5.31. The van der Waals surface area contributed by atoms with Gasteiger partial charge in [-0.1, -0.05) is 48.5 Å². The lowest BCUT2D eigenvalue weighted by molar-refractivity contribution is 0.103. The molecule has 2 heteroatoms. The fourth-order valence-corrected chi connectivity index (χ4v) is 1.74. The van der Waals surface area contributed by atoms with Crippen molar-refractivity contribution in [2.24, 2.45) is 0 Å². The summed E-state index contributed by atoms with van der Waals surface area (Å²) < 4.78 is 0. The van der Waals surface area contributed by atoms with E-state index in [1.165, 1.54) is 0 Å². The lowest BCUT2D eigenvalue weighted by Crippen LogP contribution is -2.05. The van der Waals surface area contributed by atoms with E-state index in [1.54, 1.807) is 37.3 Å². The van der Waals surface area contributed by atoms with Gasteiger partial charge in [0.25, 0.3) is 0 Å². The van der Waals surface area contributed by atoms with Crippen LogP contribution in [0.3, 0.4) is 0 Å². The molecule has 0 aliphatic rings. The molecule has 83 valence electrons. The molecule has 0 aliphatic carbocycles. The van der Waals surface area contributed by atoms with Gasteiger partial charge >= 0.3 is 0 Å². The molecule has 0 heterocycles. The van der Waals surface area contributed by atoms with Crippen molar-refractivity contribution in [1.29, 1.82) is 0 Å². The summed E-state index contributed by atoms with van der Waals surface area (Å²) in [5.74, 6) is -0.0693. The second-order valence-electron chi connectivity index (χ2n) is 3.78. The highest BCUT2D eigenvalue weighted by Gasteiger charge is 2.13. The van der Waals surface area contributed by atoms with Crippen molar-refractivity contribution < 1.29 is 9.59 Å². The number of benzene rings is 2. The SMILES string of the molecule is Cc1c([C]=O)cccc1C(=O)c1ccccc1. The normalized spacial score (nSPS) is 9.94.